The first-order valence-corrected chi connectivity index (χ1v) is 18.9. The van der Waals surface area contributed by atoms with Gasteiger partial charge in [-0.15, -0.1) is 0 Å². The lowest BCUT2D eigenvalue weighted by molar-refractivity contribution is -0.129. The predicted molar refractivity (Wildman–Crippen MR) is 189 cm³/mol. The highest BCUT2D eigenvalue weighted by Crippen LogP contribution is 2.62. The van der Waals surface area contributed by atoms with E-state index in [2.05, 4.69) is 61.3 Å². The van der Waals surface area contributed by atoms with E-state index < -0.39 is 6.10 Å². The van der Waals surface area contributed by atoms with Gasteiger partial charge in [0.2, 0.25) is 5.91 Å². The van der Waals surface area contributed by atoms with Crippen LogP contribution in [0.25, 0.3) is 0 Å². The summed E-state index contributed by atoms with van der Waals surface area (Å²) in [6.45, 7) is 9.56. The van der Waals surface area contributed by atoms with Crippen molar-refractivity contribution in [3.05, 3.63) is 58.9 Å². The zero-order valence-electron chi connectivity index (χ0n) is 30.0. The minimum Gasteiger partial charge on any atom is -0.496 e. The summed E-state index contributed by atoms with van der Waals surface area (Å²) in [5, 5.41) is 13.2. The van der Waals surface area contributed by atoms with Crippen molar-refractivity contribution in [1.82, 2.24) is 20.1 Å². The minimum absolute atomic E-state index is 0.0291. The van der Waals surface area contributed by atoms with Crippen molar-refractivity contribution in [3.63, 3.8) is 0 Å². The number of hydrogen-bond acceptors (Lipinski definition) is 7. The number of fused-ring (bicyclic) bond motifs is 3. The molecule has 2 unspecified atom stereocenters. The monoisotopic (exact) mass is 672 g/mol. The molecule has 2 N–H and O–H groups in total. The average molecular weight is 673 g/mol. The van der Waals surface area contributed by atoms with Crippen molar-refractivity contribution >= 4 is 12.0 Å². The Morgan fingerprint density at radius 1 is 0.959 bits per heavy atom. The number of nitrogens with zero attached hydrogens (tertiary/aromatic N) is 3. The molecule has 4 aliphatic carbocycles. The molecular weight excluding hydrogens is 616 g/mol. The van der Waals surface area contributed by atoms with Crippen LogP contribution in [0.4, 0.5) is 4.79 Å². The maximum absolute atomic E-state index is 14.2. The highest BCUT2D eigenvalue weighted by Gasteiger charge is 2.54. The first-order chi connectivity index (χ1) is 23.6. The van der Waals surface area contributed by atoms with Crippen LogP contribution in [0.2, 0.25) is 0 Å². The van der Waals surface area contributed by atoms with E-state index >= 15 is 0 Å². The van der Waals surface area contributed by atoms with Crippen LogP contribution in [0.3, 0.4) is 0 Å². The van der Waals surface area contributed by atoms with Crippen LogP contribution in [-0.2, 0) is 14.9 Å². The normalized spacial score (nSPS) is 31.0. The number of aliphatic hydroxyl groups is 1. The molecule has 49 heavy (non-hydrogen) atoms. The number of amides is 2. The Morgan fingerprint density at radius 2 is 1.67 bits per heavy atom. The van der Waals surface area contributed by atoms with E-state index in [1.165, 1.54) is 16.7 Å². The summed E-state index contributed by atoms with van der Waals surface area (Å²) in [4.78, 5) is 35.7. The molecule has 2 atom stereocenters. The number of ether oxygens (including phenoxy) is 2. The Balaban J connectivity index is 1.08. The smallest absolute Gasteiger partial charge is 0.410 e. The van der Waals surface area contributed by atoms with Gasteiger partial charge >= 0.3 is 6.09 Å². The summed E-state index contributed by atoms with van der Waals surface area (Å²) >= 11 is 0. The molecule has 3 heterocycles. The number of carbonyl (C=O) groups is 2. The molecule has 9 nitrogen and oxygen atoms in total. The second-order valence-electron chi connectivity index (χ2n) is 16.3. The highest BCUT2D eigenvalue weighted by atomic mass is 16.6. The third kappa shape index (κ3) is 6.82. The number of pyridine rings is 1. The summed E-state index contributed by atoms with van der Waals surface area (Å²) in [7, 11) is 1.74. The Bertz CT molecular complexity index is 1490. The number of benzene rings is 1. The average Bonchev–Trinajstić information content (AvgIpc) is 3.61. The summed E-state index contributed by atoms with van der Waals surface area (Å²) in [5.74, 6) is 1.43. The fourth-order valence-electron chi connectivity index (χ4n) is 9.76. The van der Waals surface area contributed by atoms with Gasteiger partial charge in [-0.25, -0.2) is 4.79 Å². The highest BCUT2D eigenvalue weighted by molar-refractivity contribution is 5.79. The molecule has 0 spiro atoms. The molecule has 1 aromatic carbocycles. The van der Waals surface area contributed by atoms with E-state index in [0.717, 1.165) is 69.5 Å². The van der Waals surface area contributed by atoms with Gasteiger partial charge in [-0.05, 0) is 150 Å². The first kappa shape index (κ1) is 34.3. The van der Waals surface area contributed by atoms with Crippen molar-refractivity contribution < 1.29 is 24.2 Å². The van der Waals surface area contributed by atoms with Gasteiger partial charge in [-0.1, -0.05) is 12.1 Å². The summed E-state index contributed by atoms with van der Waals surface area (Å²) in [6, 6.07) is 11.7. The van der Waals surface area contributed by atoms with Gasteiger partial charge in [0.1, 0.15) is 11.9 Å². The number of aliphatic hydroxyl groups excluding tert-OH is 1. The van der Waals surface area contributed by atoms with E-state index in [1.807, 2.05) is 6.20 Å². The molecule has 2 aliphatic heterocycles. The van der Waals surface area contributed by atoms with Crippen LogP contribution in [0.5, 0.6) is 5.75 Å². The van der Waals surface area contributed by atoms with Crippen LogP contribution in [0.15, 0.2) is 36.5 Å². The van der Waals surface area contributed by atoms with Gasteiger partial charge in [0, 0.05) is 24.7 Å². The Labute approximate surface area is 292 Å². The molecule has 4 saturated carbocycles. The number of nitrogens with one attached hydrogen (secondary N) is 1. The fourth-order valence-corrected chi connectivity index (χ4v) is 9.76. The van der Waals surface area contributed by atoms with Crippen LogP contribution in [0.1, 0.15) is 119 Å². The van der Waals surface area contributed by atoms with E-state index in [9.17, 15) is 14.7 Å². The maximum Gasteiger partial charge on any atom is 0.410 e. The van der Waals surface area contributed by atoms with Gasteiger partial charge in [0.15, 0.2) is 0 Å². The second kappa shape index (κ2) is 13.9. The van der Waals surface area contributed by atoms with Crippen molar-refractivity contribution in [3.8, 4) is 5.75 Å². The van der Waals surface area contributed by atoms with E-state index in [0.29, 0.717) is 50.7 Å². The topological polar surface area (TPSA) is 104 Å². The molecule has 266 valence electrons. The van der Waals surface area contributed by atoms with Gasteiger partial charge in [0.05, 0.1) is 38.0 Å². The number of aryl methyl sites for hydroxylation is 1. The van der Waals surface area contributed by atoms with Crippen LogP contribution in [-0.4, -0.2) is 83.4 Å². The molecule has 9 heteroatoms. The lowest BCUT2D eigenvalue weighted by atomic mass is 9.49. The maximum atomic E-state index is 14.2. The summed E-state index contributed by atoms with van der Waals surface area (Å²) in [5.41, 5.74) is 5.13. The van der Waals surface area contributed by atoms with Gasteiger partial charge in [-0.2, -0.15) is 0 Å². The molecule has 2 saturated heterocycles. The molecule has 2 aromatic rings. The Kier molecular flexibility index (Phi) is 9.70. The van der Waals surface area contributed by atoms with Crippen molar-refractivity contribution in [2.45, 2.75) is 127 Å². The number of hydrogen-bond donors (Lipinski definition) is 2. The number of likely N-dealkylation sites (tertiary alicyclic amines) is 2. The third-order valence-corrected chi connectivity index (χ3v) is 13.2. The number of aromatic nitrogens is 1. The third-order valence-electron chi connectivity index (χ3n) is 13.2. The van der Waals surface area contributed by atoms with Crippen molar-refractivity contribution in [1.29, 1.82) is 0 Å². The van der Waals surface area contributed by atoms with Crippen molar-refractivity contribution in [2.24, 2.45) is 11.3 Å². The number of rotatable bonds is 9. The van der Waals surface area contributed by atoms with E-state index in [-0.39, 0.29) is 40.9 Å². The minimum atomic E-state index is -0.445. The van der Waals surface area contributed by atoms with Gasteiger partial charge in [-0.3, -0.25) is 9.78 Å². The molecule has 6 fully saturated rings. The van der Waals surface area contributed by atoms with Crippen LogP contribution < -0.4 is 10.1 Å². The molecule has 2 amide bonds. The first-order valence-electron chi connectivity index (χ1n) is 18.9. The van der Waals surface area contributed by atoms with Crippen LogP contribution in [0, 0.1) is 18.3 Å². The molecule has 6 aliphatic rings. The molecular formula is C40H56N4O5. The Morgan fingerprint density at radius 3 is 2.29 bits per heavy atom. The van der Waals surface area contributed by atoms with E-state index in [4.69, 9.17) is 14.5 Å². The SMILES string of the molecule is COc1ccc(C23CCC(C(NC(=O)C4CCC(OC(=O)N5CC(O)C5)CC4)c4cc(C5CCN(C(C)C)C5)ccn4)(CC2)CC3)cc1C. The van der Waals surface area contributed by atoms with E-state index in [1.54, 1.807) is 12.0 Å². The fraction of sp³-hybridized carbons (Fsp3) is 0.675. The molecule has 8 rings (SSSR count). The lowest BCUT2D eigenvalue weighted by Crippen LogP contribution is -2.54. The quantitative estimate of drug-likeness (QED) is 0.317. The van der Waals surface area contributed by atoms with Gasteiger partial charge < -0.3 is 29.7 Å². The number of carbonyl (C=O) groups excluding carboxylic acids is 2. The predicted octanol–water partition coefficient (Wildman–Crippen LogP) is 6.42. The number of β-amino-alcohol motifs (C(OH)–C–C–N with tert-alkyl or cyclic N) is 1. The zero-order valence-corrected chi connectivity index (χ0v) is 30.0. The second-order valence-corrected chi connectivity index (χ2v) is 16.3. The molecule has 2 bridgehead atoms. The molecule has 0 radical (unpaired) electrons. The van der Waals surface area contributed by atoms with Crippen LogP contribution >= 0.6 is 0 Å². The van der Waals surface area contributed by atoms with Gasteiger partial charge in [0.25, 0.3) is 0 Å². The van der Waals surface area contributed by atoms with Crippen molar-refractivity contribution in [2.75, 3.05) is 33.3 Å². The number of methoxy groups -OCH3 is 1. The Hall–Kier alpha value is -3.17. The largest absolute Gasteiger partial charge is 0.496 e. The summed E-state index contributed by atoms with van der Waals surface area (Å²) in [6.07, 6.45) is 11.5. The molecule has 1 aromatic heterocycles. The lowest BCUT2D eigenvalue weighted by Gasteiger charge is -2.56. The zero-order chi connectivity index (χ0) is 34.3. The summed E-state index contributed by atoms with van der Waals surface area (Å²) < 4.78 is 11.3. The standard InChI is InChI=1S/C40H56N4O5/c1-26(2)43-20-12-30(23-43)29-11-19-41-34(22-29)36(42-37(46)28-5-8-33(9-6-28)49-38(47)44-24-32(45)25-44)40-16-13-39(14-17-40,15-18-40)31-7-10-35(48-4)27(3)21-31/h7,10-11,19,21-22,26,28,30,32-33,36,45H,5-6,8-9,12-18,20,23-25H2,1-4H3,(H,42,46).